The number of anilines is 1. The molecule has 1 amide bonds. The average Bonchev–Trinajstić information content (AvgIpc) is 2.92. The van der Waals surface area contributed by atoms with Crippen molar-refractivity contribution >= 4 is 38.4 Å². The Morgan fingerprint density at radius 1 is 1.24 bits per heavy atom. The van der Waals surface area contributed by atoms with Gasteiger partial charge in [-0.3, -0.25) is 9.59 Å². The summed E-state index contributed by atoms with van der Waals surface area (Å²) < 4.78 is 2.31. The normalized spacial score (nSPS) is 15.5. The molecule has 5 nitrogen and oxygen atoms in total. The molecule has 0 bridgehead atoms. The van der Waals surface area contributed by atoms with E-state index in [1.807, 2.05) is 25.1 Å². The molecule has 1 aliphatic rings. The lowest BCUT2D eigenvalue weighted by Gasteiger charge is -2.14. The molecule has 1 unspecified atom stereocenters. The molecule has 3 aromatic rings. The van der Waals surface area contributed by atoms with Crippen molar-refractivity contribution in [3.8, 4) is 5.75 Å². The summed E-state index contributed by atoms with van der Waals surface area (Å²) in [6, 6.07) is 12.6. The van der Waals surface area contributed by atoms with Crippen LogP contribution in [0.2, 0.25) is 0 Å². The number of hydrogen-bond donors (Lipinski definition) is 2. The van der Waals surface area contributed by atoms with Crippen LogP contribution in [-0.2, 0) is 6.42 Å². The fourth-order valence-corrected chi connectivity index (χ4v) is 3.86. The number of carbonyl (C=O) groups excluding carboxylic acids is 1. The molecule has 6 heteroatoms. The van der Waals surface area contributed by atoms with Crippen LogP contribution in [0, 0.1) is 0 Å². The number of nitrogens with one attached hydrogen (secondary N) is 1. The van der Waals surface area contributed by atoms with Gasteiger partial charge >= 0.3 is 0 Å². The molecule has 0 saturated heterocycles. The summed E-state index contributed by atoms with van der Waals surface area (Å²) >= 11 is 3.36. The average molecular weight is 399 g/mol. The second kappa shape index (κ2) is 5.74. The first kappa shape index (κ1) is 15.9. The van der Waals surface area contributed by atoms with E-state index in [1.54, 1.807) is 28.8 Å². The monoisotopic (exact) mass is 398 g/mol. The molecule has 0 spiro atoms. The molecule has 1 aliphatic heterocycles. The Morgan fingerprint density at radius 3 is 2.76 bits per heavy atom. The molecule has 2 heterocycles. The van der Waals surface area contributed by atoms with E-state index < -0.39 is 11.5 Å². The van der Waals surface area contributed by atoms with Crippen LogP contribution in [0.4, 0.5) is 5.69 Å². The molecule has 1 aromatic heterocycles. The fraction of sp³-hybridized carbons (Fsp3) is 0.158. The largest absolute Gasteiger partial charge is 0.506 e. The zero-order valence-electron chi connectivity index (χ0n) is 13.4. The maximum atomic E-state index is 12.9. The first-order chi connectivity index (χ1) is 12.0. The van der Waals surface area contributed by atoms with Crippen LogP contribution in [0.5, 0.6) is 5.75 Å². The predicted molar refractivity (Wildman–Crippen MR) is 100 cm³/mol. The van der Waals surface area contributed by atoms with E-state index in [4.69, 9.17) is 0 Å². The van der Waals surface area contributed by atoms with Crippen molar-refractivity contribution < 1.29 is 9.90 Å². The van der Waals surface area contributed by atoms with Gasteiger partial charge in [-0.25, -0.2) is 0 Å². The SMILES string of the molecule is CC1Cc2cccc3c(O)c(C(=O)Nc4ccccc4Br)c(=O)n1c23. The molecule has 25 heavy (non-hydrogen) atoms. The van der Waals surface area contributed by atoms with Gasteiger partial charge in [-0.2, -0.15) is 0 Å². The highest BCUT2D eigenvalue weighted by atomic mass is 79.9. The van der Waals surface area contributed by atoms with Gasteiger partial charge in [0.15, 0.2) is 0 Å². The van der Waals surface area contributed by atoms with Crippen molar-refractivity contribution in [1.82, 2.24) is 4.57 Å². The minimum atomic E-state index is -0.621. The molecular weight excluding hydrogens is 384 g/mol. The molecule has 4 rings (SSSR count). The highest BCUT2D eigenvalue weighted by Crippen LogP contribution is 2.36. The van der Waals surface area contributed by atoms with Gasteiger partial charge in [0, 0.05) is 15.9 Å². The summed E-state index contributed by atoms with van der Waals surface area (Å²) in [5.41, 5.74) is 1.57. The van der Waals surface area contributed by atoms with Gasteiger partial charge in [-0.1, -0.05) is 24.3 Å². The summed E-state index contributed by atoms with van der Waals surface area (Å²) in [7, 11) is 0. The molecule has 126 valence electrons. The van der Waals surface area contributed by atoms with Crippen LogP contribution in [-0.4, -0.2) is 15.6 Å². The van der Waals surface area contributed by atoms with Gasteiger partial charge in [0.2, 0.25) is 0 Å². The third kappa shape index (κ3) is 2.36. The number of para-hydroxylation sites is 2. The van der Waals surface area contributed by atoms with Crippen LogP contribution in [0.1, 0.15) is 28.9 Å². The van der Waals surface area contributed by atoms with Crippen LogP contribution in [0.15, 0.2) is 51.7 Å². The van der Waals surface area contributed by atoms with E-state index in [-0.39, 0.29) is 17.4 Å². The topological polar surface area (TPSA) is 71.3 Å². The number of rotatable bonds is 2. The second-order valence-corrected chi connectivity index (χ2v) is 7.05. The summed E-state index contributed by atoms with van der Waals surface area (Å²) in [6.45, 7) is 1.94. The summed E-state index contributed by atoms with van der Waals surface area (Å²) in [5, 5.41) is 13.8. The third-order valence-corrected chi connectivity index (χ3v) is 5.28. The summed E-state index contributed by atoms with van der Waals surface area (Å²) in [6.07, 6.45) is 0.710. The molecule has 0 saturated carbocycles. The number of halogens is 1. The highest BCUT2D eigenvalue weighted by Gasteiger charge is 2.29. The quantitative estimate of drug-likeness (QED) is 0.688. The van der Waals surface area contributed by atoms with Crippen molar-refractivity contribution in [2.24, 2.45) is 0 Å². The molecule has 2 aromatic carbocycles. The lowest BCUT2D eigenvalue weighted by molar-refractivity contribution is 0.102. The van der Waals surface area contributed by atoms with Crippen LogP contribution < -0.4 is 10.9 Å². The highest BCUT2D eigenvalue weighted by molar-refractivity contribution is 9.10. The first-order valence-electron chi connectivity index (χ1n) is 7.94. The Kier molecular flexibility index (Phi) is 3.65. The number of amides is 1. The molecule has 1 atom stereocenters. The van der Waals surface area contributed by atoms with Crippen molar-refractivity contribution in [1.29, 1.82) is 0 Å². The van der Waals surface area contributed by atoms with Crippen molar-refractivity contribution in [3.63, 3.8) is 0 Å². The van der Waals surface area contributed by atoms with Gasteiger partial charge in [-0.15, -0.1) is 0 Å². The van der Waals surface area contributed by atoms with Gasteiger partial charge in [0.1, 0.15) is 11.3 Å². The van der Waals surface area contributed by atoms with Crippen molar-refractivity contribution in [2.75, 3.05) is 5.32 Å². The third-order valence-electron chi connectivity index (χ3n) is 4.59. The van der Waals surface area contributed by atoms with Crippen LogP contribution in [0.3, 0.4) is 0 Å². The van der Waals surface area contributed by atoms with E-state index in [2.05, 4.69) is 21.2 Å². The summed E-state index contributed by atoms with van der Waals surface area (Å²) in [5.74, 6) is -0.888. The maximum absolute atomic E-state index is 12.9. The van der Waals surface area contributed by atoms with Gasteiger partial charge in [0.05, 0.1) is 11.2 Å². The second-order valence-electron chi connectivity index (χ2n) is 6.20. The number of carbonyl (C=O) groups is 1. The van der Waals surface area contributed by atoms with E-state index in [0.29, 0.717) is 22.0 Å². The molecule has 0 radical (unpaired) electrons. The first-order valence-corrected chi connectivity index (χ1v) is 8.73. The number of aromatic hydroxyl groups is 1. The van der Waals surface area contributed by atoms with Crippen LogP contribution in [0.25, 0.3) is 10.9 Å². The number of nitrogens with zero attached hydrogens (tertiary/aromatic N) is 1. The Morgan fingerprint density at radius 2 is 2.00 bits per heavy atom. The van der Waals surface area contributed by atoms with Gasteiger partial charge < -0.3 is 15.0 Å². The number of benzene rings is 2. The Labute approximate surface area is 152 Å². The molecule has 2 N–H and O–H groups in total. The lowest BCUT2D eigenvalue weighted by Crippen LogP contribution is -2.30. The van der Waals surface area contributed by atoms with Gasteiger partial charge in [-0.05, 0) is 53.0 Å². The Bertz CT molecular complexity index is 1090. The van der Waals surface area contributed by atoms with E-state index in [0.717, 1.165) is 11.1 Å². The smallest absolute Gasteiger partial charge is 0.268 e. The number of pyridine rings is 1. The Hall–Kier alpha value is -2.60. The van der Waals surface area contributed by atoms with E-state index in [1.165, 1.54) is 0 Å². The summed E-state index contributed by atoms with van der Waals surface area (Å²) in [4.78, 5) is 25.7. The zero-order valence-corrected chi connectivity index (χ0v) is 15.0. The number of aromatic nitrogens is 1. The van der Waals surface area contributed by atoms with Crippen molar-refractivity contribution in [3.05, 3.63) is 68.4 Å². The minimum absolute atomic E-state index is 0.0528. The van der Waals surface area contributed by atoms with E-state index in [9.17, 15) is 14.7 Å². The standard InChI is InChI=1S/C19H15BrN2O3/c1-10-9-11-5-4-6-12-16(11)22(10)19(25)15(17(12)23)18(24)21-14-8-3-2-7-13(14)20/h2-8,10,23H,9H2,1H3,(H,21,24). The lowest BCUT2D eigenvalue weighted by atomic mass is 10.1. The molecule has 0 aliphatic carbocycles. The van der Waals surface area contributed by atoms with E-state index >= 15 is 0 Å². The maximum Gasteiger partial charge on any atom is 0.268 e. The predicted octanol–water partition coefficient (Wildman–Crippen LogP) is 3.84. The fourth-order valence-electron chi connectivity index (χ4n) is 3.47. The number of hydrogen-bond acceptors (Lipinski definition) is 3. The molecular formula is C19H15BrN2O3. The Balaban J connectivity index is 1.91. The van der Waals surface area contributed by atoms with Crippen LogP contribution >= 0.6 is 15.9 Å². The minimum Gasteiger partial charge on any atom is -0.506 e. The van der Waals surface area contributed by atoms with Crippen molar-refractivity contribution in [2.45, 2.75) is 19.4 Å². The molecule has 0 fully saturated rings. The van der Waals surface area contributed by atoms with Gasteiger partial charge in [0.25, 0.3) is 11.5 Å². The zero-order chi connectivity index (χ0) is 17.7.